The van der Waals surface area contributed by atoms with E-state index in [1.54, 1.807) is 5.51 Å². The number of carbonyl (C=O) groups is 1. The van der Waals surface area contributed by atoms with Crippen molar-refractivity contribution in [1.29, 1.82) is 0 Å². The van der Waals surface area contributed by atoms with Crippen LogP contribution in [-0.4, -0.2) is 39.0 Å². The lowest BCUT2D eigenvalue weighted by Gasteiger charge is -2.14. The molecular formula is C17H16N4O2S. The van der Waals surface area contributed by atoms with Crippen molar-refractivity contribution in [1.82, 2.24) is 20.0 Å². The highest BCUT2D eigenvalue weighted by atomic mass is 32.1. The molecule has 0 saturated carbocycles. The van der Waals surface area contributed by atoms with Gasteiger partial charge in [-0.05, 0) is 25.5 Å². The van der Waals surface area contributed by atoms with E-state index in [9.17, 15) is 4.79 Å². The number of hydrogen-bond acceptors (Lipinski definition) is 6. The van der Waals surface area contributed by atoms with Gasteiger partial charge in [0.15, 0.2) is 5.82 Å². The summed E-state index contributed by atoms with van der Waals surface area (Å²) in [6, 6.07) is 9.70. The Balaban J connectivity index is 1.49. The van der Waals surface area contributed by atoms with Crippen LogP contribution in [0.5, 0.6) is 0 Å². The second-order valence-corrected chi connectivity index (χ2v) is 6.68. The van der Waals surface area contributed by atoms with Crippen LogP contribution in [0.3, 0.4) is 0 Å². The number of aromatic nitrogens is 3. The number of amides is 1. The van der Waals surface area contributed by atoms with Gasteiger partial charge in [-0.3, -0.25) is 4.79 Å². The fourth-order valence-corrected chi connectivity index (χ4v) is 3.67. The number of rotatable bonds is 3. The van der Waals surface area contributed by atoms with Crippen LogP contribution >= 0.6 is 11.3 Å². The van der Waals surface area contributed by atoms with Gasteiger partial charge in [0.05, 0.1) is 11.2 Å². The molecule has 122 valence electrons. The van der Waals surface area contributed by atoms with Crippen molar-refractivity contribution < 1.29 is 9.32 Å². The highest BCUT2D eigenvalue weighted by Crippen LogP contribution is 2.29. The second kappa shape index (κ2) is 6.16. The summed E-state index contributed by atoms with van der Waals surface area (Å²) in [6.45, 7) is 3.18. The van der Waals surface area contributed by atoms with Gasteiger partial charge in [0, 0.05) is 24.6 Å². The Morgan fingerprint density at radius 3 is 2.92 bits per heavy atom. The number of likely N-dealkylation sites (tertiary alicyclic amines) is 1. The maximum absolute atomic E-state index is 12.6. The molecule has 6 nitrogen and oxygen atoms in total. The van der Waals surface area contributed by atoms with E-state index in [2.05, 4.69) is 15.1 Å². The summed E-state index contributed by atoms with van der Waals surface area (Å²) < 4.78 is 5.38. The maximum Gasteiger partial charge on any atom is 0.265 e. The summed E-state index contributed by atoms with van der Waals surface area (Å²) in [5.74, 6) is 1.35. The lowest BCUT2D eigenvalue weighted by molar-refractivity contribution is 0.0794. The minimum absolute atomic E-state index is 0.0456. The fourth-order valence-electron chi connectivity index (χ4n) is 2.90. The summed E-state index contributed by atoms with van der Waals surface area (Å²) in [7, 11) is 0. The molecule has 1 amide bonds. The summed E-state index contributed by atoms with van der Waals surface area (Å²) in [6.07, 6.45) is 0.845. The molecule has 0 spiro atoms. The smallest absolute Gasteiger partial charge is 0.265 e. The van der Waals surface area contributed by atoms with Gasteiger partial charge < -0.3 is 9.42 Å². The Morgan fingerprint density at radius 1 is 1.33 bits per heavy atom. The zero-order valence-corrected chi connectivity index (χ0v) is 14.0. The Kier molecular flexibility index (Phi) is 3.86. The molecule has 2 aromatic heterocycles. The van der Waals surface area contributed by atoms with E-state index in [-0.39, 0.29) is 11.8 Å². The first-order valence-electron chi connectivity index (χ1n) is 7.81. The quantitative estimate of drug-likeness (QED) is 0.732. The molecule has 0 bridgehead atoms. The highest BCUT2D eigenvalue weighted by molar-refractivity contribution is 7.11. The summed E-state index contributed by atoms with van der Waals surface area (Å²) in [5, 5.41) is 4.11. The first-order valence-corrected chi connectivity index (χ1v) is 8.68. The SMILES string of the molecule is Cc1ncsc1C(=O)N1CC[C@H](c2noc(-c3ccccc3)n2)C1. The normalized spacial score (nSPS) is 17.4. The van der Waals surface area contributed by atoms with Crippen molar-refractivity contribution in [3.63, 3.8) is 0 Å². The van der Waals surface area contributed by atoms with Crippen LogP contribution in [0.15, 0.2) is 40.4 Å². The van der Waals surface area contributed by atoms with Crippen LogP contribution in [0.25, 0.3) is 11.5 Å². The molecule has 0 N–H and O–H groups in total. The van der Waals surface area contributed by atoms with Gasteiger partial charge in [0.2, 0.25) is 0 Å². The molecule has 1 aliphatic heterocycles. The van der Waals surface area contributed by atoms with E-state index in [0.29, 0.717) is 29.7 Å². The van der Waals surface area contributed by atoms with E-state index in [1.807, 2.05) is 42.2 Å². The predicted molar refractivity (Wildman–Crippen MR) is 89.8 cm³/mol. The minimum Gasteiger partial charge on any atom is -0.337 e. The number of hydrogen-bond donors (Lipinski definition) is 0. The van der Waals surface area contributed by atoms with Crippen LogP contribution in [-0.2, 0) is 0 Å². The Labute approximate surface area is 143 Å². The molecule has 7 heteroatoms. The average Bonchev–Trinajstić information content (AvgIpc) is 3.35. The third kappa shape index (κ3) is 2.71. The highest BCUT2D eigenvalue weighted by Gasteiger charge is 2.32. The number of thiazole rings is 1. The van der Waals surface area contributed by atoms with Crippen molar-refractivity contribution in [2.45, 2.75) is 19.3 Å². The Hall–Kier alpha value is -2.54. The van der Waals surface area contributed by atoms with Crippen molar-refractivity contribution in [3.8, 4) is 11.5 Å². The average molecular weight is 340 g/mol. The van der Waals surface area contributed by atoms with E-state index >= 15 is 0 Å². The van der Waals surface area contributed by atoms with Crippen LogP contribution in [0.4, 0.5) is 0 Å². The fraction of sp³-hybridized carbons (Fsp3) is 0.294. The number of carbonyl (C=O) groups excluding carboxylic acids is 1. The van der Waals surface area contributed by atoms with Crippen molar-refractivity contribution in [3.05, 3.63) is 52.2 Å². The van der Waals surface area contributed by atoms with Crippen LogP contribution in [0.1, 0.15) is 33.5 Å². The van der Waals surface area contributed by atoms with E-state index < -0.39 is 0 Å². The molecule has 1 aromatic carbocycles. The van der Waals surface area contributed by atoms with E-state index in [0.717, 1.165) is 17.7 Å². The molecule has 0 aliphatic carbocycles. The first kappa shape index (κ1) is 15.0. The number of benzene rings is 1. The molecule has 1 atom stereocenters. The molecule has 0 unspecified atom stereocenters. The zero-order chi connectivity index (χ0) is 16.5. The molecule has 3 heterocycles. The van der Waals surface area contributed by atoms with Crippen molar-refractivity contribution in [2.75, 3.05) is 13.1 Å². The summed E-state index contributed by atoms with van der Waals surface area (Å²) >= 11 is 1.39. The summed E-state index contributed by atoms with van der Waals surface area (Å²) in [5.41, 5.74) is 3.41. The van der Waals surface area contributed by atoms with Crippen molar-refractivity contribution >= 4 is 17.2 Å². The zero-order valence-electron chi connectivity index (χ0n) is 13.2. The van der Waals surface area contributed by atoms with E-state index in [1.165, 1.54) is 11.3 Å². The van der Waals surface area contributed by atoms with Crippen LogP contribution < -0.4 is 0 Å². The molecule has 1 aliphatic rings. The van der Waals surface area contributed by atoms with Crippen LogP contribution in [0, 0.1) is 6.92 Å². The predicted octanol–water partition coefficient (Wildman–Crippen LogP) is 3.13. The lowest BCUT2D eigenvalue weighted by Crippen LogP contribution is -2.28. The molecular weight excluding hydrogens is 324 g/mol. The van der Waals surface area contributed by atoms with Gasteiger partial charge in [-0.2, -0.15) is 4.98 Å². The van der Waals surface area contributed by atoms with Gasteiger partial charge >= 0.3 is 0 Å². The number of nitrogens with zero attached hydrogens (tertiary/aromatic N) is 4. The van der Waals surface area contributed by atoms with Crippen molar-refractivity contribution in [2.24, 2.45) is 0 Å². The first-order chi connectivity index (χ1) is 11.7. The molecule has 1 fully saturated rings. The lowest BCUT2D eigenvalue weighted by atomic mass is 10.1. The topological polar surface area (TPSA) is 72.1 Å². The Bertz CT molecular complexity index is 858. The molecule has 0 radical (unpaired) electrons. The third-order valence-electron chi connectivity index (χ3n) is 4.24. The number of aryl methyl sites for hydroxylation is 1. The van der Waals surface area contributed by atoms with Gasteiger partial charge in [-0.25, -0.2) is 4.98 Å². The maximum atomic E-state index is 12.6. The van der Waals surface area contributed by atoms with Gasteiger partial charge in [-0.15, -0.1) is 11.3 Å². The third-order valence-corrected chi connectivity index (χ3v) is 5.16. The van der Waals surface area contributed by atoms with Gasteiger partial charge in [0.25, 0.3) is 11.8 Å². The molecule has 3 aromatic rings. The Morgan fingerprint density at radius 2 is 2.17 bits per heavy atom. The van der Waals surface area contributed by atoms with Crippen LogP contribution in [0.2, 0.25) is 0 Å². The van der Waals surface area contributed by atoms with E-state index in [4.69, 9.17) is 4.52 Å². The second-order valence-electron chi connectivity index (χ2n) is 5.83. The monoisotopic (exact) mass is 340 g/mol. The molecule has 24 heavy (non-hydrogen) atoms. The molecule has 4 rings (SSSR count). The standard InChI is InChI=1S/C17H16N4O2S/c1-11-14(24-10-18-11)17(22)21-8-7-13(9-21)15-19-16(23-20-15)12-5-3-2-4-6-12/h2-6,10,13H,7-9H2,1H3/t13-/m0/s1. The van der Waals surface area contributed by atoms with Gasteiger partial charge in [0.1, 0.15) is 4.88 Å². The molecule has 1 saturated heterocycles. The summed E-state index contributed by atoms with van der Waals surface area (Å²) in [4.78, 5) is 23.8. The largest absolute Gasteiger partial charge is 0.337 e. The van der Waals surface area contributed by atoms with Gasteiger partial charge in [-0.1, -0.05) is 23.4 Å². The minimum atomic E-state index is 0.0456.